The van der Waals surface area contributed by atoms with Crippen LogP contribution in [0.3, 0.4) is 0 Å². The van der Waals surface area contributed by atoms with Gasteiger partial charge in [-0.1, -0.05) is 6.07 Å². The number of nitro benzene ring substituents is 1. The Labute approximate surface area is 154 Å². The number of para-hydroxylation sites is 1. The summed E-state index contributed by atoms with van der Waals surface area (Å²) in [5.41, 5.74) is -0.137. The molecule has 0 atom stereocenters. The Morgan fingerprint density at radius 2 is 1.59 bits per heavy atom. The van der Waals surface area contributed by atoms with E-state index in [4.69, 9.17) is 0 Å². The quantitative estimate of drug-likeness (QED) is 0.583. The van der Waals surface area contributed by atoms with Crippen molar-refractivity contribution in [1.29, 1.82) is 0 Å². The summed E-state index contributed by atoms with van der Waals surface area (Å²) in [5.74, 6) is -1.10. The van der Waals surface area contributed by atoms with Crippen LogP contribution in [0.5, 0.6) is 0 Å². The van der Waals surface area contributed by atoms with Crippen LogP contribution in [0, 0.1) is 21.7 Å². The molecule has 2 aromatic rings. The first-order valence-electron chi connectivity index (χ1n) is 8.11. The average Bonchev–Trinajstić information content (AvgIpc) is 2.62. The van der Waals surface area contributed by atoms with Crippen molar-refractivity contribution in [3.05, 3.63) is 58.1 Å². The summed E-state index contributed by atoms with van der Waals surface area (Å²) < 4.78 is 51.1. The van der Waals surface area contributed by atoms with Crippen LogP contribution < -0.4 is 9.80 Å². The summed E-state index contributed by atoms with van der Waals surface area (Å²) in [6, 6.07) is 7.35. The standard InChI is InChI=1S/C17H17F2N3O4S/c1-27(25,26)16-4-2-3-14(17(16)22(23)24)20-7-9-21(10-8-20)15-11-12(18)5-6-13(15)19/h2-6,11H,7-10H2,1H3. The number of halogens is 2. The number of rotatable bonds is 4. The molecule has 0 spiro atoms. The fourth-order valence-corrected chi connectivity index (χ4v) is 4.02. The van der Waals surface area contributed by atoms with Crippen molar-refractivity contribution in [2.75, 3.05) is 42.2 Å². The van der Waals surface area contributed by atoms with Gasteiger partial charge >= 0.3 is 5.69 Å². The van der Waals surface area contributed by atoms with Gasteiger partial charge in [0, 0.05) is 38.5 Å². The van der Waals surface area contributed by atoms with E-state index < -0.39 is 32.1 Å². The maximum atomic E-state index is 14.0. The van der Waals surface area contributed by atoms with Crippen molar-refractivity contribution in [2.45, 2.75) is 4.90 Å². The SMILES string of the molecule is CS(=O)(=O)c1cccc(N2CCN(c3cc(F)ccc3F)CC2)c1[N+](=O)[O-]. The Bertz CT molecular complexity index is 990. The van der Waals surface area contributed by atoms with Crippen molar-refractivity contribution in [1.82, 2.24) is 0 Å². The molecule has 0 amide bonds. The number of nitrogens with zero attached hydrogens (tertiary/aromatic N) is 3. The third-order valence-electron chi connectivity index (χ3n) is 4.43. The first-order valence-corrected chi connectivity index (χ1v) is 10.00. The third kappa shape index (κ3) is 3.85. The number of anilines is 2. The lowest BCUT2D eigenvalue weighted by Gasteiger charge is -2.37. The van der Waals surface area contributed by atoms with Crippen molar-refractivity contribution in [3.63, 3.8) is 0 Å². The molecular weight excluding hydrogens is 380 g/mol. The Balaban J connectivity index is 1.89. The first-order chi connectivity index (χ1) is 12.7. The summed E-state index contributed by atoms with van der Waals surface area (Å²) in [6.45, 7) is 1.20. The van der Waals surface area contributed by atoms with E-state index in [0.717, 1.165) is 24.5 Å². The second kappa shape index (κ2) is 7.10. The molecule has 0 bridgehead atoms. The molecule has 27 heavy (non-hydrogen) atoms. The van der Waals surface area contributed by atoms with Crippen LogP contribution >= 0.6 is 0 Å². The van der Waals surface area contributed by atoms with Crippen LogP contribution in [0.1, 0.15) is 0 Å². The van der Waals surface area contributed by atoms with E-state index >= 15 is 0 Å². The molecule has 1 aliphatic rings. The van der Waals surface area contributed by atoms with Crippen LogP contribution in [-0.2, 0) is 9.84 Å². The second-order valence-electron chi connectivity index (χ2n) is 6.22. The van der Waals surface area contributed by atoms with Crippen LogP contribution in [-0.4, -0.2) is 45.8 Å². The van der Waals surface area contributed by atoms with Crippen LogP contribution in [0.4, 0.5) is 25.8 Å². The summed E-state index contributed by atoms with van der Waals surface area (Å²) in [7, 11) is -3.77. The Hall–Kier alpha value is -2.75. The molecule has 3 rings (SSSR count). The van der Waals surface area contributed by atoms with Gasteiger partial charge in [-0.3, -0.25) is 10.1 Å². The molecule has 1 aliphatic heterocycles. The van der Waals surface area contributed by atoms with Crippen LogP contribution in [0.2, 0.25) is 0 Å². The second-order valence-corrected chi connectivity index (χ2v) is 8.21. The lowest BCUT2D eigenvalue weighted by Crippen LogP contribution is -2.47. The number of nitro groups is 1. The molecule has 1 fully saturated rings. The smallest absolute Gasteiger partial charge is 0.311 e. The summed E-state index contributed by atoms with van der Waals surface area (Å²) in [5, 5.41) is 11.5. The Kier molecular flexibility index (Phi) is 5.01. The van der Waals surface area contributed by atoms with Gasteiger partial charge in [-0.15, -0.1) is 0 Å². The number of piperazine rings is 1. The number of sulfone groups is 1. The van der Waals surface area contributed by atoms with Gasteiger partial charge in [0.25, 0.3) is 0 Å². The summed E-state index contributed by atoms with van der Waals surface area (Å²) >= 11 is 0. The molecule has 0 radical (unpaired) electrons. The fraction of sp³-hybridized carbons (Fsp3) is 0.294. The fourth-order valence-electron chi connectivity index (χ4n) is 3.17. The monoisotopic (exact) mass is 397 g/mol. The molecule has 0 N–H and O–H groups in total. The largest absolute Gasteiger partial charge is 0.366 e. The maximum absolute atomic E-state index is 14.0. The van der Waals surface area contributed by atoms with E-state index in [0.29, 0.717) is 26.2 Å². The number of benzene rings is 2. The van der Waals surface area contributed by atoms with Gasteiger partial charge in [-0.05, 0) is 24.3 Å². The van der Waals surface area contributed by atoms with E-state index in [2.05, 4.69) is 0 Å². The van der Waals surface area contributed by atoms with Crippen molar-refractivity contribution < 1.29 is 22.1 Å². The highest BCUT2D eigenvalue weighted by Crippen LogP contribution is 2.35. The molecule has 2 aromatic carbocycles. The molecule has 10 heteroatoms. The predicted molar refractivity (Wildman–Crippen MR) is 97.0 cm³/mol. The minimum atomic E-state index is -3.77. The molecule has 0 saturated carbocycles. The van der Waals surface area contributed by atoms with E-state index in [9.17, 15) is 27.3 Å². The lowest BCUT2D eigenvalue weighted by atomic mass is 10.2. The summed E-state index contributed by atoms with van der Waals surface area (Å²) in [6.07, 6.45) is 0.920. The van der Waals surface area contributed by atoms with Gasteiger partial charge in [0.2, 0.25) is 0 Å². The van der Waals surface area contributed by atoms with E-state index in [1.54, 1.807) is 9.80 Å². The highest BCUT2D eigenvalue weighted by atomic mass is 32.2. The zero-order valence-electron chi connectivity index (χ0n) is 14.4. The first kappa shape index (κ1) is 19.0. The maximum Gasteiger partial charge on any atom is 0.311 e. The van der Waals surface area contributed by atoms with Crippen LogP contribution in [0.25, 0.3) is 0 Å². The highest BCUT2D eigenvalue weighted by molar-refractivity contribution is 7.90. The molecule has 1 heterocycles. The van der Waals surface area contributed by atoms with Crippen molar-refractivity contribution in [2.24, 2.45) is 0 Å². The predicted octanol–water partition coefficient (Wildman–Crippen LogP) is 2.60. The topological polar surface area (TPSA) is 83.8 Å². The van der Waals surface area contributed by atoms with E-state index in [1.807, 2.05) is 0 Å². The summed E-state index contributed by atoms with van der Waals surface area (Å²) in [4.78, 5) is 13.8. The lowest BCUT2D eigenvalue weighted by molar-refractivity contribution is -0.387. The van der Waals surface area contributed by atoms with E-state index in [-0.39, 0.29) is 16.3 Å². The molecule has 144 valence electrons. The zero-order valence-corrected chi connectivity index (χ0v) is 15.2. The van der Waals surface area contributed by atoms with Crippen molar-refractivity contribution in [3.8, 4) is 0 Å². The molecule has 1 saturated heterocycles. The number of hydrogen-bond acceptors (Lipinski definition) is 6. The third-order valence-corrected chi connectivity index (χ3v) is 5.56. The molecule has 0 aromatic heterocycles. The van der Waals surface area contributed by atoms with Crippen LogP contribution in [0.15, 0.2) is 41.3 Å². The molecule has 0 unspecified atom stereocenters. The zero-order chi connectivity index (χ0) is 19.8. The Morgan fingerprint density at radius 3 is 2.15 bits per heavy atom. The normalized spacial score (nSPS) is 15.1. The van der Waals surface area contributed by atoms with Crippen molar-refractivity contribution >= 4 is 26.9 Å². The van der Waals surface area contributed by atoms with Gasteiger partial charge in [-0.25, -0.2) is 17.2 Å². The molecular formula is C17H17F2N3O4S. The minimum Gasteiger partial charge on any atom is -0.366 e. The number of hydrogen-bond donors (Lipinski definition) is 0. The van der Waals surface area contributed by atoms with Gasteiger partial charge in [0.05, 0.1) is 10.6 Å². The highest BCUT2D eigenvalue weighted by Gasteiger charge is 2.30. The molecule has 7 nitrogen and oxygen atoms in total. The molecule has 0 aliphatic carbocycles. The van der Waals surface area contributed by atoms with Gasteiger partial charge in [0.15, 0.2) is 9.84 Å². The van der Waals surface area contributed by atoms with E-state index in [1.165, 1.54) is 18.2 Å². The minimum absolute atomic E-state index is 0.133. The Morgan fingerprint density at radius 1 is 1.00 bits per heavy atom. The van der Waals surface area contributed by atoms with Gasteiger partial charge < -0.3 is 9.80 Å². The van der Waals surface area contributed by atoms with Gasteiger partial charge in [0.1, 0.15) is 22.2 Å². The van der Waals surface area contributed by atoms with Gasteiger partial charge in [-0.2, -0.15) is 0 Å². The average molecular weight is 397 g/mol.